The van der Waals surface area contributed by atoms with Gasteiger partial charge in [-0.2, -0.15) is 5.26 Å². The largest absolute Gasteiger partial charge is 0.381 e. The van der Waals surface area contributed by atoms with E-state index in [0.717, 1.165) is 48.3 Å². The second-order valence-corrected chi connectivity index (χ2v) is 7.00. The molecule has 3 rings (SSSR count). The molecule has 3 aromatic rings. The minimum absolute atomic E-state index is 0.680. The summed E-state index contributed by atoms with van der Waals surface area (Å²) in [6.07, 6.45) is 4.53. The highest BCUT2D eigenvalue weighted by atomic mass is 16.5. The molecule has 0 radical (unpaired) electrons. The summed E-state index contributed by atoms with van der Waals surface area (Å²) in [5.74, 6) is 0. The quantitative estimate of drug-likeness (QED) is 0.396. The molecular weight excluding hydrogens is 342 g/mol. The summed E-state index contributed by atoms with van der Waals surface area (Å²) in [6, 6.07) is 27.1. The topological polar surface area (TPSA) is 33.0 Å². The SMILES string of the molecule is CCCCCOCCc1ccc(-c2cc(C#N)ccc2-c2ccccc2)cc1. The van der Waals surface area contributed by atoms with E-state index in [0.29, 0.717) is 5.56 Å². The number of nitrogens with zero attached hydrogens (tertiary/aromatic N) is 1. The van der Waals surface area contributed by atoms with Gasteiger partial charge >= 0.3 is 0 Å². The minimum Gasteiger partial charge on any atom is -0.381 e. The van der Waals surface area contributed by atoms with Gasteiger partial charge in [0.25, 0.3) is 0 Å². The molecule has 0 saturated heterocycles. The van der Waals surface area contributed by atoms with Gasteiger partial charge in [-0.15, -0.1) is 0 Å². The number of nitriles is 1. The average molecular weight is 370 g/mol. The van der Waals surface area contributed by atoms with Crippen molar-refractivity contribution >= 4 is 0 Å². The van der Waals surface area contributed by atoms with E-state index < -0.39 is 0 Å². The first-order valence-electron chi connectivity index (χ1n) is 10.1. The second-order valence-electron chi connectivity index (χ2n) is 7.00. The molecule has 0 spiro atoms. The maximum Gasteiger partial charge on any atom is 0.0991 e. The van der Waals surface area contributed by atoms with Crippen molar-refractivity contribution < 1.29 is 4.74 Å². The van der Waals surface area contributed by atoms with Gasteiger partial charge < -0.3 is 4.74 Å². The first-order chi connectivity index (χ1) is 13.8. The van der Waals surface area contributed by atoms with Crippen LogP contribution >= 0.6 is 0 Å². The number of rotatable bonds is 9. The van der Waals surface area contributed by atoms with Crippen LogP contribution in [0.2, 0.25) is 0 Å². The van der Waals surface area contributed by atoms with Crippen molar-refractivity contribution in [2.75, 3.05) is 13.2 Å². The first kappa shape index (κ1) is 19.9. The van der Waals surface area contributed by atoms with Crippen LogP contribution in [0.15, 0.2) is 72.8 Å². The predicted molar refractivity (Wildman–Crippen MR) is 116 cm³/mol. The van der Waals surface area contributed by atoms with E-state index in [2.05, 4.69) is 49.4 Å². The third-order valence-electron chi connectivity index (χ3n) is 4.93. The molecule has 0 saturated carbocycles. The summed E-state index contributed by atoms with van der Waals surface area (Å²) >= 11 is 0. The van der Waals surface area contributed by atoms with Crippen LogP contribution in [0.25, 0.3) is 22.3 Å². The molecule has 0 aliphatic rings. The van der Waals surface area contributed by atoms with E-state index in [9.17, 15) is 5.26 Å². The number of benzene rings is 3. The van der Waals surface area contributed by atoms with Gasteiger partial charge in [0, 0.05) is 6.61 Å². The Kier molecular flexibility index (Phi) is 7.41. The third kappa shape index (κ3) is 5.31. The van der Waals surface area contributed by atoms with E-state index in [1.165, 1.54) is 18.4 Å². The summed E-state index contributed by atoms with van der Waals surface area (Å²) in [5.41, 5.74) is 6.48. The Hall–Kier alpha value is -2.89. The summed E-state index contributed by atoms with van der Waals surface area (Å²) in [6.45, 7) is 3.83. The Morgan fingerprint density at radius 1 is 0.786 bits per heavy atom. The van der Waals surface area contributed by atoms with Crippen LogP contribution < -0.4 is 0 Å². The molecule has 0 amide bonds. The smallest absolute Gasteiger partial charge is 0.0991 e. The maximum absolute atomic E-state index is 9.33. The normalized spacial score (nSPS) is 10.6. The molecule has 3 aromatic carbocycles. The molecule has 28 heavy (non-hydrogen) atoms. The maximum atomic E-state index is 9.33. The van der Waals surface area contributed by atoms with Gasteiger partial charge in [-0.05, 0) is 52.8 Å². The zero-order chi connectivity index (χ0) is 19.6. The van der Waals surface area contributed by atoms with Crippen LogP contribution in [-0.2, 0) is 11.2 Å². The van der Waals surface area contributed by atoms with Crippen molar-refractivity contribution in [3.63, 3.8) is 0 Å². The predicted octanol–water partition coefficient (Wildman–Crippen LogP) is 6.64. The molecule has 0 aliphatic carbocycles. The molecule has 0 fully saturated rings. The van der Waals surface area contributed by atoms with Gasteiger partial charge in [0.05, 0.1) is 18.2 Å². The lowest BCUT2D eigenvalue weighted by Crippen LogP contribution is -2.00. The molecule has 0 aromatic heterocycles. The highest BCUT2D eigenvalue weighted by molar-refractivity contribution is 5.84. The zero-order valence-electron chi connectivity index (χ0n) is 16.5. The van der Waals surface area contributed by atoms with E-state index in [4.69, 9.17) is 4.74 Å². The number of hydrogen-bond acceptors (Lipinski definition) is 2. The van der Waals surface area contributed by atoms with Crippen molar-refractivity contribution in [2.24, 2.45) is 0 Å². The molecule has 0 bridgehead atoms. The molecule has 0 aliphatic heterocycles. The van der Waals surface area contributed by atoms with E-state index in [1.807, 2.05) is 36.4 Å². The third-order valence-corrected chi connectivity index (χ3v) is 4.93. The second kappa shape index (κ2) is 10.4. The van der Waals surface area contributed by atoms with Gasteiger partial charge in [-0.25, -0.2) is 0 Å². The molecule has 2 heteroatoms. The Labute approximate surface area is 168 Å². The highest BCUT2D eigenvalue weighted by Gasteiger charge is 2.09. The van der Waals surface area contributed by atoms with Crippen LogP contribution in [-0.4, -0.2) is 13.2 Å². The van der Waals surface area contributed by atoms with E-state index >= 15 is 0 Å². The first-order valence-corrected chi connectivity index (χ1v) is 10.1. The monoisotopic (exact) mass is 369 g/mol. The van der Waals surface area contributed by atoms with Crippen molar-refractivity contribution in [1.82, 2.24) is 0 Å². The van der Waals surface area contributed by atoms with Gasteiger partial charge in [0.1, 0.15) is 0 Å². The van der Waals surface area contributed by atoms with Crippen LogP contribution in [0, 0.1) is 11.3 Å². The molecule has 0 unspecified atom stereocenters. The van der Waals surface area contributed by atoms with Gasteiger partial charge in [0.2, 0.25) is 0 Å². The lowest BCUT2D eigenvalue weighted by atomic mass is 9.92. The van der Waals surface area contributed by atoms with Crippen LogP contribution in [0.5, 0.6) is 0 Å². The Morgan fingerprint density at radius 3 is 2.25 bits per heavy atom. The van der Waals surface area contributed by atoms with Crippen LogP contribution in [0.4, 0.5) is 0 Å². The van der Waals surface area contributed by atoms with Crippen LogP contribution in [0.3, 0.4) is 0 Å². The number of unbranched alkanes of at least 4 members (excludes halogenated alkanes) is 2. The summed E-state index contributed by atoms with van der Waals surface area (Å²) in [4.78, 5) is 0. The van der Waals surface area contributed by atoms with E-state index in [-0.39, 0.29) is 0 Å². The lowest BCUT2D eigenvalue weighted by Gasteiger charge is -2.12. The fourth-order valence-corrected chi connectivity index (χ4v) is 3.32. The average Bonchev–Trinajstić information content (AvgIpc) is 2.77. The number of hydrogen-bond donors (Lipinski definition) is 0. The molecule has 142 valence electrons. The molecule has 0 N–H and O–H groups in total. The van der Waals surface area contributed by atoms with Crippen LogP contribution in [0.1, 0.15) is 37.3 Å². The molecule has 0 heterocycles. The molecular formula is C26H27NO. The minimum atomic E-state index is 0.680. The standard InChI is InChI=1S/C26H27NO/c1-2-3-7-17-28-18-16-21-10-13-24(14-11-21)26-19-22(20-27)12-15-25(26)23-8-5-4-6-9-23/h4-6,8-15,19H,2-3,7,16-18H2,1H3. The van der Waals surface area contributed by atoms with Gasteiger partial charge in [-0.1, -0.05) is 80.4 Å². The highest BCUT2D eigenvalue weighted by Crippen LogP contribution is 2.33. The fourth-order valence-electron chi connectivity index (χ4n) is 3.32. The number of ether oxygens (including phenoxy) is 1. The van der Waals surface area contributed by atoms with Crippen molar-refractivity contribution in [3.8, 4) is 28.3 Å². The van der Waals surface area contributed by atoms with E-state index in [1.54, 1.807) is 0 Å². The van der Waals surface area contributed by atoms with Gasteiger partial charge in [0.15, 0.2) is 0 Å². The molecule has 2 nitrogen and oxygen atoms in total. The Bertz CT molecular complexity index is 907. The van der Waals surface area contributed by atoms with Crippen molar-refractivity contribution in [1.29, 1.82) is 5.26 Å². The Morgan fingerprint density at radius 2 is 1.54 bits per heavy atom. The van der Waals surface area contributed by atoms with Crippen molar-refractivity contribution in [3.05, 3.63) is 83.9 Å². The summed E-state index contributed by atoms with van der Waals surface area (Å²) in [7, 11) is 0. The lowest BCUT2D eigenvalue weighted by molar-refractivity contribution is 0.133. The zero-order valence-corrected chi connectivity index (χ0v) is 16.5. The fraction of sp³-hybridized carbons (Fsp3) is 0.269. The summed E-state index contributed by atoms with van der Waals surface area (Å²) in [5, 5.41) is 9.33. The van der Waals surface area contributed by atoms with Gasteiger partial charge in [-0.3, -0.25) is 0 Å². The van der Waals surface area contributed by atoms with Crippen molar-refractivity contribution in [2.45, 2.75) is 32.6 Å². The Balaban J connectivity index is 1.75. The summed E-state index contributed by atoms with van der Waals surface area (Å²) < 4.78 is 5.73. The molecule has 0 atom stereocenters.